The molecule has 0 unspecified atom stereocenters. The van der Waals surface area contributed by atoms with Gasteiger partial charge < -0.3 is 9.47 Å². The molecule has 0 aliphatic carbocycles. The number of benzene rings is 2. The van der Waals surface area contributed by atoms with E-state index in [9.17, 15) is 19.7 Å². The minimum absolute atomic E-state index is 0.112. The number of carbonyl (C=O) groups is 2. The third kappa shape index (κ3) is 5.44. The molecule has 0 radical (unpaired) electrons. The van der Waals surface area contributed by atoms with Crippen LogP contribution in [-0.4, -0.2) is 39.4 Å². The molecule has 0 fully saturated rings. The highest BCUT2D eigenvalue weighted by Gasteiger charge is 2.22. The van der Waals surface area contributed by atoms with E-state index < -0.39 is 16.8 Å². The van der Waals surface area contributed by atoms with Crippen molar-refractivity contribution in [3.8, 4) is 11.5 Å². The van der Waals surface area contributed by atoms with Crippen LogP contribution in [0.25, 0.3) is 0 Å². The Hall–Kier alpha value is -4.54. The average molecular weight is 465 g/mol. The molecule has 0 saturated carbocycles. The fourth-order valence-electron chi connectivity index (χ4n) is 3.23. The van der Waals surface area contributed by atoms with E-state index in [2.05, 4.69) is 15.6 Å². The minimum Gasteiger partial charge on any atom is -0.496 e. The lowest BCUT2D eigenvalue weighted by Crippen LogP contribution is -2.25. The van der Waals surface area contributed by atoms with E-state index in [0.29, 0.717) is 28.3 Å². The van der Waals surface area contributed by atoms with Crippen molar-refractivity contribution in [1.82, 2.24) is 15.2 Å². The van der Waals surface area contributed by atoms with Crippen LogP contribution in [0.2, 0.25) is 0 Å². The van der Waals surface area contributed by atoms with Gasteiger partial charge in [0.15, 0.2) is 0 Å². The van der Waals surface area contributed by atoms with Crippen LogP contribution in [0, 0.1) is 24.0 Å². The second-order valence-corrected chi connectivity index (χ2v) is 7.28. The highest BCUT2D eigenvalue weighted by atomic mass is 16.6. The molecule has 0 bridgehead atoms. The number of aromatic nitrogens is 2. The maximum atomic E-state index is 12.4. The SMILES string of the molecule is COc1ccccc1C(=O)Oc1ccc(/C(C)=N/NC(=O)Cn2nc(C)c([N+](=O)[O-])c2C)cc1. The van der Waals surface area contributed by atoms with Gasteiger partial charge in [-0.15, -0.1) is 0 Å². The number of para-hydroxylation sites is 1. The van der Waals surface area contributed by atoms with Crippen LogP contribution >= 0.6 is 0 Å². The number of esters is 1. The van der Waals surface area contributed by atoms with Gasteiger partial charge in [0.1, 0.15) is 35.0 Å². The summed E-state index contributed by atoms with van der Waals surface area (Å²) in [5, 5.41) is 19.2. The molecule has 11 heteroatoms. The number of hydrazone groups is 1. The van der Waals surface area contributed by atoms with E-state index in [4.69, 9.17) is 9.47 Å². The molecule has 0 spiro atoms. The number of aryl methyl sites for hydroxylation is 1. The first-order chi connectivity index (χ1) is 16.2. The fraction of sp³-hybridized carbons (Fsp3) is 0.217. The van der Waals surface area contributed by atoms with E-state index in [0.717, 1.165) is 0 Å². The molecule has 3 rings (SSSR count). The average Bonchev–Trinajstić information content (AvgIpc) is 3.10. The third-order valence-electron chi connectivity index (χ3n) is 4.98. The summed E-state index contributed by atoms with van der Waals surface area (Å²) in [5.74, 6) is -0.282. The molecule has 1 aromatic heterocycles. The number of hydrogen-bond donors (Lipinski definition) is 1. The number of rotatable bonds is 8. The molecule has 1 heterocycles. The molecule has 34 heavy (non-hydrogen) atoms. The van der Waals surface area contributed by atoms with Crippen molar-refractivity contribution in [2.24, 2.45) is 5.10 Å². The zero-order chi connectivity index (χ0) is 24.8. The van der Waals surface area contributed by atoms with Gasteiger partial charge >= 0.3 is 11.7 Å². The lowest BCUT2D eigenvalue weighted by Gasteiger charge is -2.09. The maximum Gasteiger partial charge on any atom is 0.347 e. The molecule has 11 nitrogen and oxygen atoms in total. The first-order valence-corrected chi connectivity index (χ1v) is 10.2. The summed E-state index contributed by atoms with van der Waals surface area (Å²) in [6, 6.07) is 13.4. The normalized spacial score (nSPS) is 11.1. The summed E-state index contributed by atoms with van der Waals surface area (Å²) in [6.45, 7) is 4.53. The van der Waals surface area contributed by atoms with Crippen LogP contribution < -0.4 is 14.9 Å². The number of amides is 1. The number of methoxy groups -OCH3 is 1. The van der Waals surface area contributed by atoms with E-state index in [-0.39, 0.29) is 23.6 Å². The molecular weight excluding hydrogens is 442 g/mol. The van der Waals surface area contributed by atoms with E-state index in [1.165, 1.54) is 25.6 Å². The van der Waals surface area contributed by atoms with Gasteiger partial charge in [-0.3, -0.25) is 19.6 Å². The zero-order valence-corrected chi connectivity index (χ0v) is 19.1. The maximum absolute atomic E-state index is 12.4. The van der Waals surface area contributed by atoms with Gasteiger partial charge in [-0.25, -0.2) is 10.2 Å². The predicted molar refractivity (Wildman–Crippen MR) is 123 cm³/mol. The van der Waals surface area contributed by atoms with E-state index in [1.807, 2.05) is 0 Å². The number of nitro groups is 1. The summed E-state index contributed by atoms with van der Waals surface area (Å²) < 4.78 is 11.8. The molecule has 0 aliphatic heterocycles. The smallest absolute Gasteiger partial charge is 0.347 e. The van der Waals surface area contributed by atoms with Crippen molar-refractivity contribution in [2.75, 3.05) is 7.11 Å². The van der Waals surface area contributed by atoms with Gasteiger partial charge in [-0.2, -0.15) is 10.2 Å². The zero-order valence-electron chi connectivity index (χ0n) is 19.1. The lowest BCUT2D eigenvalue weighted by atomic mass is 10.1. The van der Waals surface area contributed by atoms with Gasteiger partial charge in [0.25, 0.3) is 5.91 Å². The second-order valence-electron chi connectivity index (χ2n) is 7.28. The number of ether oxygens (including phenoxy) is 2. The summed E-state index contributed by atoms with van der Waals surface area (Å²) in [7, 11) is 1.48. The number of carbonyl (C=O) groups excluding carboxylic acids is 2. The summed E-state index contributed by atoms with van der Waals surface area (Å²) in [4.78, 5) is 35.2. The van der Waals surface area contributed by atoms with Crippen LogP contribution in [0.15, 0.2) is 53.6 Å². The Labute approximate surface area is 195 Å². The monoisotopic (exact) mass is 465 g/mol. The first-order valence-electron chi connectivity index (χ1n) is 10.2. The Morgan fingerprint density at radius 3 is 2.44 bits per heavy atom. The first kappa shape index (κ1) is 24.1. The van der Waals surface area contributed by atoms with Crippen molar-refractivity contribution in [1.29, 1.82) is 0 Å². The summed E-state index contributed by atoms with van der Waals surface area (Å²) >= 11 is 0. The van der Waals surface area contributed by atoms with E-state index >= 15 is 0 Å². The largest absolute Gasteiger partial charge is 0.496 e. The molecule has 3 aromatic rings. The molecule has 176 valence electrons. The Morgan fingerprint density at radius 2 is 1.82 bits per heavy atom. The summed E-state index contributed by atoms with van der Waals surface area (Å²) in [6.07, 6.45) is 0. The van der Waals surface area contributed by atoms with Gasteiger partial charge in [-0.1, -0.05) is 12.1 Å². The molecule has 2 aromatic carbocycles. The van der Waals surface area contributed by atoms with Crippen LogP contribution in [0.3, 0.4) is 0 Å². The van der Waals surface area contributed by atoms with Gasteiger partial charge in [0.05, 0.1) is 17.7 Å². The van der Waals surface area contributed by atoms with Gasteiger partial charge in [0.2, 0.25) is 0 Å². The highest BCUT2D eigenvalue weighted by molar-refractivity contribution is 5.99. The van der Waals surface area contributed by atoms with Crippen LogP contribution in [0.4, 0.5) is 5.69 Å². The minimum atomic E-state index is -0.549. The highest BCUT2D eigenvalue weighted by Crippen LogP contribution is 2.22. The summed E-state index contributed by atoms with van der Waals surface area (Å²) in [5.41, 5.74) is 4.34. The standard InChI is InChI=1S/C23H23N5O6/c1-14(24-25-21(29)13-27-16(3)22(28(31)32)15(2)26-27)17-9-11-18(12-10-17)34-23(30)19-7-5-6-8-20(19)33-4/h5-12H,13H2,1-4H3,(H,25,29)/b24-14+. The molecular formula is C23H23N5O6. The number of nitrogens with zero attached hydrogens (tertiary/aromatic N) is 4. The quantitative estimate of drug-likeness (QED) is 0.177. The molecule has 0 aliphatic rings. The van der Waals surface area contributed by atoms with E-state index in [1.54, 1.807) is 55.5 Å². The number of nitrogens with one attached hydrogen (secondary N) is 1. The van der Waals surface area contributed by atoms with Crippen LogP contribution in [0.5, 0.6) is 11.5 Å². The predicted octanol–water partition coefficient (Wildman–Crippen LogP) is 3.18. The van der Waals surface area contributed by atoms with Gasteiger partial charge in [0, 0.05) is 0 Å². The van der Waals surface area contributed by atoms with Gasteiger partial charge in [-0.05, 0) is 62.7 Å². The van der Waals surface area contributed by atoms with Crippen molar-refractivity contribution >= 4 is 23.3 Å². The molecule has 1 amide bonds. The number of hydrogen-bond acceptors (Lipinski definition) is 8. The fourth-order valence-corrected chi connectivity index (χ4v) is 3.23. The Balaban J connectivity index is 1.62. The molecule has 0 saturated heterocycles. The van der Waals surface area contributed by atoms with Crippen LogP contribution in [0.1, 0.15) is 34.2 Å². The molecule has 1 N–H and O–H groups in total. The van der Waals surface area contributed by atoms with Crippen molar-refractivity contribution in [2.45, 2.75) is 27.3 Å². The molecule has 0 atom stereocenters. The van der Waals surface area contributed by atoms with Crippen molar-refractivity contribution in [3.05, 3.63) is 81.2 Å². The Kier molecular flexibility index (Phi) is 7.36. The Bertz CT molecular complexity index is 1260. The topological polar surface area (TPSA) is 138 Å². The second kappa shape index (κ2) is 10.4. The lowest BCUT2D eigenvalue weighted by molar-refractivity contribution is -0.386. The Morgan fingerprint density at radius 1 is 1.15 bits per heavy atom. The van der Waals surface area contributed by atoms with Crippen molar-refractivity contribution < 1.29 is 24.0 Å². The van der Waals surface area contributed by atoms with Crippen molar-refractivity contribution in [3.63, 3.8) is 0 Å². The van der Waals surface area contributed by atoms with Crippen LogP contribution in [-0.2, 0) is 11.3 Å². The third-order valence-corrected chi connectivity index (χ3v) is 4.98.